The average Bonchev–Trinajstić information content (AvgIpc) is 2.68. The number of piperidine rings is 2. The number of nitrogens with one attached hydrogen (secondary N) is 3. The van der Waals surface area contributed by atoms with Gasteiger partial charge in [0.15, 0.2) is 0 Å². The number of amides is 2. The van der Waals surface area contributed by atoms with Crippen LogP contribution in [0.3, 0.4) is 0 Å². The summed E-state index contributed by atoms with van der Waals surface area (Å²) in [7, 11) is 0. The molecule has 0 radical (unpaired) electrons. The Morgan fingerprint density at radius 3 is 2.39 bits per heavy atom. The molecule has 0 spiro atoms. The van der Waals surface area contributed by atoms with Crippen molar-refractivity contribution in [3.63, 3.8) is 0 Å². The topological polar surface area (TPSA) is 70.2 Å². The van der Waals surface area contributed by atoms with Gasteiger partial charge in [0, 0.05) is 11.6 Å². The van der Waals surface area contributed by atoms with Crippen molar-refractivity contribution in [1.82, 2.24) is 16.0 Å². The van der Waals surface area contributed by atoms with Gasteiger partial charge in [-0.25, -0.2) is 0 Å². The molecule has 2 saturated heterocycles. The highest BCUT2D eigenvalue weighted by molar-refractivity contribution is 6.01. The Labute approximate surface area is 167 Å². The molecule has 28 heavy (non-hydrogen) atoms. The molecule has 2 heterocycles. The SMILES string of the molecule is CC1CC(NC2=C/C=C\C=C/C(C3CCNCC3)=C\C=C/C=C\2)C(=O)NC1=O. The zero-order valence-corrected chi connectivity index (χ0v) is 16.4. The van der Waals surface area contributed by atoms with E-state index in [2.05, 4.69) is 40.3 Å². The minimum Gasteiger partial charge on any atom is -0.374 e. The molecule has 2 unspecified atom stereocenters. The number of imide groups is 1. The molecule has 2 amide bonds. The molecular formula is C23H29N3O2. The van der Waals surface area contributed by atoms with Crippen LogP contribution in [-0.2, 0) is 9.59 Å². The van der Waals surface area contributed by atoms with Gasteiger partial charge in [-0.3, -0.25) is 14.9 Å². The Kier molecular flexibility index (Phi) is 7.20. The maximum atomic E-state index is 12.1. The molecule has 3 aliphatic rings. The number of hydrogen-bond donors (Lipinski definition) is 3. The first-order chi connectivity index (χ1) is 13.6. The van der Waals surface area contributed by atoms with E-state index in [-0.39, 0.29) is 17.7 Å². The predicted molar refractivity (Wildman–Crippen MR) is 112 cm³/mol. The largest absolute Gasteiger partial charge is 0.374 e. The summed E-state index contributed by atoms with van der Waals surface area (Å²) in [4.78, 5) is 23.7. The molecule has 5 heteroatoms. The Morgan fingerprint density at radius 2 is 1.61 bits per heavy atom. The molecule has 0 bridgehead atoms. The van der Waals surface area contributed by atoms with Crippen molar-refractivity contribution in [2.75, 3.05) is 13.1 Å². The van der Waals surface area contributed by atoms with E-state index < -0.39 is 6.04 Å². The molecule has 2 fully saturated rings. The predicted octanol–water partition coefficient (Wildman–Crippen LogP) is 2.68. The highest BCUT2D eigenvalue weighted by Crippen LogP contribution is 2.23. The lowest BCUT2D eigenvalue weighted by atomic mass is 9.89. The average molecular weight is 380 g/mol. The van der Waals surface area contributed by atoms with E-state index in [1.54, 1.807) is 0 Å². The number of carbonyl (C=O) groups excluding carboxylic acids is 2. The quantitative estimate of drug-likeness (QED) is 0.660. The van der Waals surface area contributed by atoms with Crippen LogP contribution in [-0.4, -0.2) is 30.9 Å². The van der Waals surface area contributed by atoms with E-state index in [1.165, 1.54) is 18.4 Å². The third kappa shape index (κ3) is 5.67. The summed E-state index contributed by atoms with van der Waals surface area (Å²) in [6.07, 6.45) is 23.2. The van der Waals surface area contributed by atoms with Gasteiger partial charge in [0.1, 0.15) is 6.04 Å². The fourth-order valence-corrected chi connectivity index (χ4v) is 3.64. The Bertz CT molecular complexity index is 765. The van der Waals surface area contributed by atoms with Crippen molar-refractivity contribution in [3.8, 4) is 0 Å². The lowest BCUT2D eigenvalue weighted by Gasteiger charge is -2.27. The lowest BCUT2D eigenvalue weighted by Crippen LogP contribution is -2.53. The molecule has 3 N–H and O–H groups in total. The second kappa shape index (κ2) is 10.0. The monoisotopic (exact) mass is 379 g/mol. The van der Waals surface area contributed by atoms with Gasteiger partial charge in [0.2, 0.25) is 11.8 Å². The fraction of sp³-hybridized carbons (Fsp3) is 0.391. The third-order valence-electron chi connectivity index (χ3n) is 5.32. The molecule has 2 atom stereocenters. The molecule has 0 aromatic rings. The maximum Gasteiger partial charge on any atom is 0.249 e. The summed E-state index contributed by atoms with van der Waals surface area (Å²) in [5.74, 6) is -0.0410. The lowest BCUT2D eigenvalue weighted by molar-refractivity contribution is -0.137. The van der Waals surface area contributed by atoms with E-state index in [0.29, 0.717) is 12.3 Å². The van der Waals surface area contributed by atoms with Crippen LogP contribution < -0.4 is 16.0 Å². The van der Waals surface area contributed by atoms with Crippen molar-refractivity contribution in [2.45, 2.75) is 32.2 Å². The van der Waals surface area contributed by atoms with Crippen LogP contribution in [0.4, 0.5) is 0 Å². The Balaban J connectivity index is 1.69. The van der Waals surface area contributed by atoms with E-state index in [9.17, 15) is 9.59 Å². The maximum absolute atomic E-state index is 12.1. The van der Waals surface area contributed by atoms with Gasteiger partial charge in [-0.05, 0) is 56.0 Å². The van der Waals surface area contributed by atoms with Gasteiger partial charge in [0.25, 0.3) is 0 Å². The van der Waals surface area contributed by atoms with Crippen LogP contribution >= 0.6 is 0 Å². The standard InChI is InChI=1S/C23H29N3O2/c1-17-16-21(23(28)26-22(17)27)25-20-10-6-2-4-8-18(9-5-3-7-11-20)19-12-14-24-15-13-19/h2-11,17,19,21,24-25H,12-16H2,1H3,(H,26,27,28)/b4-2-,5-3?,6-2?,7-3-,8-4?,9-5-,10-6-,11-7?,18-8+,18-9?,20-10?,20-11+. The number of hydrogen-bond acceptors (Lipinski definition) is 4. The summed E-state index contributed by atoms with van der Waals surface area (Å²) in [6, 6.07) is -0.407. The molecular weight excluding hydrogens is 350 g/mol. The van der Waals surface area contributed by atoms with Crippen molar-refractivity contribution in [2.24, 2.45) is 11.8 Å². The van der Waals surface area contributed by atoms with Gasteiger partial charge < -0.3 is 10.6 Å². The minimum absolute atomic E-state index is 0.178. The first-order valence-electron chi connectivity index (χ1n) is 10.1. The summed E-state index contributed by atoms with van der Waals surface area (Å²) in [6.45, 7) is 3.99. The Morgan fingerprint density at radius 1 is 0.893 bits per heavy atom. The van der Waals surface area contributed by atoms with Crippen molar-refractivity contribution in [3.05, 3.63) is 72.0 Å². The fourth-order valence-electron chi connectivity index (χ4n) is 3.64. The van der Waals surface area contributed by atoms with E-state index in [0.717, 1.165) is 18.8 Å². The number of allylic oxidation sites excluding steroid dienone is 11. The van der Waals surface area contributed by atoms with Gasteiger partial charge in [-0.15, -0.1) is 0 Å². The first kappa shape index (κ1) is 20.1. The summed E-state index contributed by atoms with van der Waals surface area (Å²) < 4.78 is 0. The van der Waals surface area contributed by atoms with Gasteiger partial charge in [0.05, 0.1) is 0 Å². The summed E-state index contributed by atoms with van der Waals surface area (Å²) in [5, 5.41) is 9.09. The van der Waals surface area contributed by atoms with Crippen LogP contribution in [0.15, 0.2) is 72.0 Å². The van der Waals surface area contributed by atoms with Crippen molar-refractivity contribution < 1.29 is 9.59 Å². The van der Waals surface area contributed by atoms with Crippen LogP contribution in [0, 0.1) is 11.8 Å². The van der Waals surface area contributed by atoms with Gasteiger partial charge in [-0.2, -0.15) is 0 Å². The Hall–Kier alpha value is -2.66. The normalized spacial score (nSPS) is 35.0. The molecule has 0 saturated carbocycles. The highest BCUT2D eigenvalue weighted by Gasteiger charge is 2.31. The first-order valence-corrected chi connectivity index (χ1v) is 10.1. The number of rotatable bonds is 3. The van der Waals surface area contributed by atoms with Crippen LogP contribution in [0.2, 0.25) is 0 Å². The van der Waals surface area contributed by atoms with Crippen LogP contribution in [0.1, 0.15) is 26.2 Å². The molecule has 0 aromatic heterocycles. The third-order valence-corrected chi connectivity index (χ3v) is 5.32. The van der Waals surface area contributed by atoms with E-state index in [4.69, 9.17) is 0 Å². The molecule has 3 rings (SSSR count). The van der Waals surface area contributed by atoms with E-state index >= 15 is 0 Å². The smallest absolute Gasteiger partial charge is 0.249 e. The van der Waals surface area contributed by atoms with Crippen molar-refractivity contribution >= 4 is 11.8 Å². The highest BCUT2D eigenvalue weighted by atomic mass is 16.2. The molecule has 148 valence electrons. The zero-order valence-electron chi connectivity index (χ0n) is 16.4. The molecule has 0 aromatic carbocycles. The van der Waals surface area contributed by atoms with Gasteiger partial charge in [-0.1, -0.05) is 55.5 Å². The molecule has 1 aliphatic carbocycles. The molecule has 2 aliphatic heterocycles. The summed E-state index contributed by atoms with van der Waals surface area (Å²) >= 11 is 0. The van der Waals surface area contributed by atoms with E-state index in [1.807, 2.05) is 43.4 Å². The van der Waals surface area contributed by atoms with Gasteiger partial charge >= 0.3 is 0 Å². The summed E-state index contributed by atoms with van der Waals surface area (Å²) in [5.41, 5.74) is 2.19. The van der Waals surface area contributed by atoms with Crippen LogP contribution in [0.25, 0.3) is 0 Å². The second-order valence-electron chi connectivity index (χ2n) is 7.49. The second-order valence-corrected chi connectivity index (χ2v) is 7.49. The molecule has 5 nitrogen and oxygen atoms in total. The minimum atomic E-state index is -0.407. The van der Waals surface area contributed by atoms with Crippen LogP contribution in [0.5, 0.6) is 0 Å². The zero-order chi connectivity index (χ0) is 19.8. The number of carbonyl (C=O) groups is 2. The van der Waals surface area contributed by atoms with Crippen molar-refractivity contribution in [1.29, 1.82) is 0 Å².